The number of aliphatic hydroxyl groups excluding tert-OH is 1. The number of nitrogen functional groups attached to an aromatic ring is 1. The molecule has 31 heavy (non-hydrogen) atoms. The van der Waals surface area contributed by atoms with Gasteiger partial charge in [-0.1, -0.05) is 0 Å². The number of ether oxygens (including phenoxy) is 1. The van der Waals surface area contributed by atoms with Crippen LogP contribution in [-0.4, -0.2) is 81.8 Å². The van der Waals surface area contributed by atoms with Crippen LogP contribution in [0, 0.1) is 0 Å². The molecule has 0 aliphatic carbocycles. The topological polar surface area (TPSA) is 276 Å². The first kappa shape index (κ1) is 24.2. The zero-order valence-corrected chi connectivity index (χ0v) is 18.3. The van der Waals surface area contributed by atoms with Crippen molar-refractivity contribution in [1.82, 2.24) is 19.5 Å². The molecule has 18 nitrogen and oxygen atoms in total. The number of aromatic nitrogens is 4. The molecule has 174 valence electrons. The molecule has 0 radical (unpaired) electrons. The molecule has 0 aromatic carbocycles. The van der Waals surface area contributed by atoms with Gasteiger partial charge in [-0.3, -0.25) is 0 Å². The summed E-state index contributed by atoms with van der Waals surface area (Å²) in [6.45, 7) is -1.05. The predicted octanol–water partition coefficient (Wildman–Crippen LogP) is -2.43. The van der Waals surface area contributed by atoms with Crippen LogP contribution in [0.4, 0.5) is 5.82 Å². The Morgan fingerprint density at radius 2 is 1.90 bits per heavy atom. The number of hydrogen-bond acceptors (Lipinski definition) is 13. The third kappa shape index (κ3) is 5.88. The SMILES string of the molecule is Nc1ncnc2c1ncn2C1OC(COP(=O)(O)O[Se](=O)(=O)O)C(OP(=O)(O)O)C1O. The van der Waals surface area contributed by atoms with Crippen LogP contribution in [0.25, 0.3) is 11.2 Å². The second-order valence-corrected chi connectivity index (χ2v) is 11.2. The Labute approximate surface area is 173 Å². The summed E-state index contributed by atoms with van der Waals surface area (Å²) in [4.78, 5) is 39.2. The van der Waals surface area contributed by atoms with Gasteiger partial charge in [0.25, 0.3) is 0 Å². The van der Waals surface area contributed by atoms with E-state index in [1.54, 1.807) is 0 Å². The standard InChI is InChI=1S/C10H15N5O13P2Se/c11-8-5-9(13-2-12-8)15(3-14-5)10-6(16)7(27-29(17,18)19)4(26-10)1-25-30(20,21)28-31(22,23)24/h2-4,6-7,10,16H,1H2,(H,20,21)(H2,11,12,13)(H2,17,18,19)(H,22,23,24). The third-order valence-corrected chi connectivity index (χ3v) is 7.56. The van der Waals surface area contributed by atoms with Gasteiger partial charge in [0.05, 0.1) is 0 Å². The monoisotopic (exact) mass is 555 g/mol. The van der Waals surface area contributed by atoms with Crippen LogP contribution < -0.4 is 5.73 Å². The predicted molar refractivity (Wildman–Crippen MR) is 92.8 cm³/mol. The molecule has 3 rings (SSSR count). The van der Waals surface area contributed by atoms with E-state index in [0.717, 1.165) is 17.2 Å². The number of phosphoric ester groups is 2. The number of aliphatic hydroxyl groups is 1. The minimum atomic E-state index is -6.13. The Bertz CT molecular complexity index is 1170. The maximum absolute atomic E-state index is 11.6. The molecule has 21 heteroatoms. The molecule has 3 heterocycles. The summed E-state index contributed by atoms with van der Waals surface area (Å²) < 4.78 is 71.8. The van der Waals surface area contributed by atoms with Crippen molar-refractivity contribution in [2.24, 2.45) is 0 Å². The van der Waals surface area contributed by atoms with Gasteiger partial charge in [-0.25, -0.2) is 0 Å². The Morgan fingerprint density at radius 3 is 2.52 bits per heavy atom. The Balaban J connectivity index is 1.88. The van der Waals surface area contributed by atoms with Gasteiger partial charge in [0.15, 0.2) is 0 Å². The van der Waals surface area contributed by atoms with E-state index < -0.39 is 60.2 Å². The van der Waals surface area contributed by atoms with E-state index in [0.29, 0.717) is 0 Å². The molecule has 5 atom stereocenters. The van der Waals surface area contributed by atoms with Gasteiger partial charge < -0.3 is 0 Å². The molecule has 0 saturated carbocycles. The maximum atomic E-state index is 11.6. The van der Waals surface area contributed by atoms with Crippen molar-refractivity contribution in [2.75, 3.05) is 12.3 Å². The molecule has 0 spiro atoms. The molecule has 7 N–H and O–H groups in total. The summed E-state index contributed by atoms with van der Waals surface area (Å²) in [5.41, 5.74) is 5.86. The second kappa shape index (κ2) is 8.49. The van der Waals surface area contributed by atoms with E-state index in [-0.39, 0.29) is 17.0 Å². The van der Waals surface area contributed by atoms with Crippen LogP contribution in [0.1, 0.15) is 6.23 Å². The number of imidazole rings is 1. The van der Waals surface area contributed by atoms with Crippen LogP contribution in [0.15, 0.2) is 12.7 Å². The molecule has 2 aromatic rings. The van der Waals surface area contributed by atoms with Crippen LogP contribution in [0.5, 0.6) is 0 Å². The van der Waals surface area contributed by atoms with Gasteiger partial charge in [-0.2, -0.15) is 0 Å². The third-order valence-electron chi connectivity index (χ3n) is 3.82. The molecular formula is C10H15N5O13P2Se. The number of nitrogens with two attached hydrogens (primary N) is 1. The first-order chi connectivity index (χ1) is 14.2. The minimum absolute atomic E-state index is 0.00935. The van der Waals surface area contributed by atoms with Crippen LogP contribution in [0.3, 0.4) is 0 Å². The number of nitrogens with zero attached hydrogens (tertiary/aromatic N) is 4. The fourth-order valence-electron chi connectivity index (χ4n) is 2.74. The summed E-state index contributed by atoms with van der Waals surface area (Å²) in [6, 6.07) is 0. The van der Waals surface area contributed by atoms with Crippen molar-refractivity contribution in [1.29, 1.82) is 0 Å². The summed E-state index contributed by atoms with van der Waals surface area (Å²) in [7, 11) is -10.6. The normalized spacial score (nSPS) is 26.9. The van der Waals surface area contributed by atoms with Crippen LogP contribution in [-0.2, 0) is 34.2 Å². The fourth-order valence-corrected chi connectivity index (χ4v) is 5.70. The van der Waals surface area contributed by atoms with Gasteiger partial charge >= 0.3 is 173 Å². The zero-order valence-electron chi connectivity index (χ0n) is 14.8. The van der Waals surface area contributed by atoms with E-state index >= 15 is 0 Å². The van der Waals surface area contributed by atoms with E-state index in [1.165, 1.54) is 0 Å². The van der Waals surface area contributed by atoms with Gasteiger partial charge in [-0.15, -0.1) is 0 Å². The summed E-state index contributed by atoms with van der Waals surface area (Å²) in [5, 5.41) is 10.5. The van der Waals surface area contributed by atoms with Crippen LogP contribution in [0.2, 0.25) is 0 Å². The van der Waals surface area contributed by atoms with E-state index in [1.807, 2.05) is 0 Å². The molecule has 5 unspecified atom stereocenters. The van der Waals surface area contributed by atoms with E-state index in [9.17, 15) is 26.8 Å². The van der Waals surface area contributed by atoms with Crippen LogP contribution >= 0.6 is 15.6 Å². The van der Waals surface area contributed by atoms with Gasteiger partial charge in [0, 0.05) is 0 Å². The Kier molecular flexibility index (Phi) is 6.63. The summed E-state index contributed by atoms with van der Waals surface area (Å²) in [5.74, 6) is -0.00935. The summed E-state index contributed by atoms with van der Waals surface area (Å²) in [6.07, 6.45) is -4.51. The molecule has 1 aliphatic rings. The number of hydrogen-bond donors (Lipinski definition) is 6. The van der Waals surface area contributed by atoms with Crippen molar-refractivity contribution < 1.29 is 58.2 Å². The van der Waals surface area contributed by atoms with Crippen molar-refractivity contribution in [3.63, 3.8) is 0 Å². The van der Waals surface area contributed by atoms with Gasteiger partial charge in [0.1, 0.15) is 0 Å². The average Bonchev–Trinajstić information content (AvgIpc) is 3.13. The molecule has 1 saturated heterocycles. The van der Waals surface area contributed by atoms with Gasteiger partial charge in [0.2, 0.25) is 0 Å². The molecule has 0 bridgehead atoms. The number of rotatable bonds is 8. The van der Waals surface area contributed by atoms with Gasteiger partial charge in [-0.05, 0) is 0 Å². The fraction of sp³-hybridized carbons (Fsp3) is 0.500. The number of fused-ring (bicyclic) bond motifs is 1. The molecule has 0 amide bonds. The molecule has 1 fully saturated rings. The Morgan fingerprint density at radius 1 is 1.23 bits per heavy atom. The first-order valence-corrected chi connectivity index (χ1v) is 13.7. The molecule has 2 aromatic heterocycles. The number of anilines is 1. The summed E-state index contributed by atoms with van der Waals surface area (Å²) >= 11 is -6.13. The second-order valence-electron chi connectivity index (χ2n) is 5.97. The zero-order chi connectivity index (χ0) is 23.2. The first-order valence-electron chi connectivity index (χ1n) is 7.83. The Hall–Kier alpha value is -1.43. The average molecular weight is 554 g/mol. The van der Waals surface area contributed by atoms with Crippen molar-refractivity contribution in [3.8, 4) is 0 Å². The molecular weight excluding hydrogens is 539 g/mol. The molecule has 1 aliphatic heterocycles. The number of phosphoric acid groups is 2. The quantitative estimate of drug-likeness (QED) is 0.146. The van der Waals surface area contributed by atoms with Crippen molar-refractivity contribution in [3.05, 3.63) is 12.7 Å². The van der Waals surface area contributed by atoms with E-state index in [4.69, 9.17) is 24.4 Å². The van der Waals surface area contributed by atoms with Crippen molar-refractivity contribution >= 4 is 46.0 Å². The van der Waals surface area contributed by atoms with Crippen molar-refractivity contribution in [2.45, 2.75) is 24.5 Å². The van der Waals surface area contributed by atoms with E-state index in [2.05, 4.69) is 27.6 Å².